The quantitative estimate of drug-likeness (QED) is 0.856. The van der Waals surface area contributed by atoms with Crippen molar-refractivity contribution in [1.29, 1.82) is 0 Å². The average Bonchev–Trinajstić information content (AvgIpc) is 2.18. The highest BCUT2D eigenvalue weighted by atomic mass is 19.1. The summed E-state index contributed by atoms with van der Waals surface area (Å²) in [6.07, 6.45) is 0. The number of methoxy groups -OCH3 is 1. The van der Waals surface area contributed by atoms with E-state index >= 15 is 0 Å². The summed E-state index contributed by atoms with van der Waals surface area (Å²) in [6.45, 7) is 4.37. The van der Waals surface area contributed by atoms with Gasteiger partial charge in [0.25, 0.3) is 0 Å². The van der Waals surface area contributed by atoms with Gasteiger partial charge in [0.15, 0.2) is 11.6 Å². The van der Waals surface area contributed by atoms with E-state index in [1.54, 1.807) is 32.0 Å². The Labute approximate surface area is 102 Å². The van der Waals surface area contributed by atoms with E-state index in [1.165, 1.54) is 7.11 Å². The molecule has 3 nitrogen and oxygen atoms in total. The highest BCUT2D eigenvalue weighted by molar-refractivity contribution is 5.30. The van der Waals surface area contributed by atoms with Crippen molar-refractivity contribution in [3.05, 3.63) is 29.6 Å². The largest absolute Gasteiger partial charge is 0.494 e. The van der Waals surface area contributed by atoms with Crippen LogP contribution < -0.4 is 4.74 Å². The molecule has 1 rings (SSSR count). The first kappa shape index (κ1) is 13.9. The van der Waals surface area contributed by atoms with Gasteiger partial charge in [0.2, 0.25) is 0 Å². The molecule has 0 unspecified atom stereocenters. The fraction of sp³-hybridized carbons (Fsp3) is 0.538. The van der Waals surface area contributed by atoms with Crippen LogP contribution >= 0.6 is 0 Å². The van der Waals surface area contributed by atoms with Crippen LogP contribution in [0.15, 0.2) is 18.2 Å². The molecule has 0 spiro atoms. The highest BCUT2D eigenvalue weighted by Crippen LogP contribution is 2.21. The van der Waals surface area contributed by atoms with E-state index < -0.39 is 5.60 Å². The van der Waals surface area contributed by atoms with Crippen LogP contribution in [0.4, 0.5) is 4.39 Å². The van der Waals surface area contributed by atoms with E-state index in [4.69, 9.17) is 4.74 Å². The molecule has 0 saturated carbocycles. The predicted octanol–water partition coefficient (Wildman–Crippen LogP) is 2.04. The summed E-state index contributed by atoms with van der Waals surface area (Å²) in [6, 6.07) is 5.07. The summed E-state index contributed by atoms with van der Waals surface area (Å²) in [5.74, 6) is -0.0863. The minimum absolute atomic E-state index is 0.249. The molecule has 0 saturated heterocycles. The molecule has 1 aromatic rings. The average molecular weight is 241 g/mol. The van der Waals surface area contributed by atoms with Crippen LogP contribution in [-0.4, -0.2) is 36.3 Å². The molecule has 0 aliphatic heterocycles. The van der Waals surface area contributed by atoms with Gasteiger partial charge in [0.05, 0.1) is 12.7 Å². The van der Waals surface area contributed by atoms with Crippen LogP contribution in [0.2, 0.25) is 0 Å². The van der Waals surface area contributed by atoms with Gasteiger partial charge < -0.3 is 9.84 Å². The van der Waals surface area contributed by atoms with Crippen LogP contribution in [0.25, 0.3) is 0 Å². The maximum atomic E-state index is 13.9. The fourth-order valence-electron chi connectivity index (χ4n) is 1.84. The minimum Gasteiger partial charge on any atom is -0.494 e. The first-order valence-corrected chi connectivity index (χ1v) is 5.56. The molecule has 0 amide bonds. The zero-order valence-corrected chi connectivity index (χ0v) is 10.8. The zero-order valence-electron chi connectivity index (χ0n) is 10.8. The third-order valence-electron chi connectivity index (χ3n) is 2.36. The Morgan fingerprint density at radius 3 is 2.59 bits per heavy atom. The fourth-order valence-corrected chi connectivity index (χ4v) is 1.84. The molecule has 1 N–H and O–H groups in total. The Morgan fingerprint density at radius 1 is 1.41 bits per heavy atom. The van der Waals surface area contributed by atoms with Crippen molar-refractivity contribution >= 4 is 0 Å². The van der Waals surface area contributed by atoms with E-state index in [1.807, 2.05) is 11.9 Å². The maximum Gasteiger partial charge on any atom is 0.169 e. The Morgan fingerprint density at radius 2 is 2.06 bits per heavy atom. The van der Waals surface area contributed by atoms with Crippen molar-refractivity contribution < 1.29 is 14.2 Å². The van der Waals surface area contributed by atoms with Gasteiger partial charge in [-0.05, 0) is 27.0 Å². The summed E-state index contributed by atoms with van der Waals surface area (Å²) >= 11 is 0. The number of hydrogen-bond donors (Lipinski definition) is 1. The third-order valence-corrected chi connectivity index (χ3v) is 2.36. The van der Waals surface area contributed by atoms with E-state index in [2.05, 4.69) is 0 Å². The molecule has 17 heavy (non-hydrogen) atoms. The van der Waals surface area contributed by atoms with Crippen LogP contribution in [-0.2, 0) is 6.54 Å². The van der Waals surface area contributed by atoms with Gasteiger partial charge in [-0.25, -0.2) is 4.39 Å². The summed E-state index contributed by atoms with van der Waals surface area (Å²) in [5, 5.41) is 9.68. The third kappa shape index (κ3) is 4.32. The van der Waals surface area contributed by atoms with E-state index in [9.17, 15) is 9.50 Å². The summed E-state index contributed by atoms with van der Waals surface area (Å²) in [4.78, 5) is 1.87. The number of hydrogen-bond acceptors (Lipinski definition) is 3. The lowest BCUT2D eigenvalue weighted by atomic mass is 10.1. The second-order valence-electron chi connectivity index (χ2n) is 4.92. The number of aliphatic hydroxyl groups is 1. The summed E-state index contributed by atoms with van der Waals surface area (Å²) in [5.41, 5.74) is -0.222. The molecule has 0 aromatic heterocycles. The molecule has 0 radical (unpaired) electrons. The minimum atomic E-state index is -0.788. The van der Waals surface area contributed by atoms with Crippen molar-refractivity contribution in [2.75, 3.05) is 20.7 Å². The molecule has 0 heterocycles. The number of rotatable bonds is 5. The van der Waals surface area contributed by atoms with E-state index in [0.29, 0.717) is 18.7 Å². The monoisotopic (exact) mass is 241 g/mol. The van der Waals surface area contributed by atoms with Crippen molar-refractivity contribution in [3.63, 3.8) is 0 Å². The molecule has 96 valence electrons. The second kappa shape index (κ2) is 5.47. The molecule has 0 aliphatic rings. The summed E-state index contributed by atoms with van der Waals surface area (Å²) in [7, 11) is 3.29. The predicted molar refractivity (Wildman–Crippen MR) is 65.6 cm³/mol. The van der Waals surface area contributed by atoms with E-state index in [0.717, 1.165) is 0 Å². The molecule has 0 atom stereocenters. The molecule has 4 heteroatoms. The van der Waals surface area contributed by atoms with Crippen LogP contribution in [0.3, 0.4) is 0 Å². The number of halogens is 1. The Bertz CT molecular complexity index is 374. The lowest BCUT2D eigenvalue weighted by Crippen LogP contribution is -2.36. The smallest absolute Gasteiger partial charge is 0.169 e. The SMILES string of the molecule is COc1cccc(CN(C)CC(C)(C)O)c1F. The number of ether oxygens (including phenoxy) is 1. The van der Waals surface area contributed by atoms with Gasteiger partial charge in [-0.2, -0.15) is 0 Å². The van der Waals surface area contributed by atoms with Gasteiger partial charge in [-0.1, -0.05) is 12.1 Å². The lowest BCUT2D eigenvalue weighted by molar-refractivity contribution is 0.0421. The Kier molecular flexibility index (Phi) is 4.48. The summed E-state index contributed by atoms with van der Waals surface area (Å²) < 4.78 is 18.8. The van der Waals surface area contributed by atoms with Gasteiger partial charge in [0.1, 0.15) is 0 Å². The van der Waals surface area contributed by atoms with Crippen LogP contribution in [0, 0.1) is 5.82 Å². The van der Waals surface area contributed by atoms with Crippen molar-refractivity contribution in [1.82, 2.24) is 4.90 Å². The number of likely N-dealkylation sites (N-methyl/N-ethyl adjacent to an activating group) is 1. The zero-order chi connectivity index (χ0) is 13.1. The first-order valence-electron chi connectivity index (χ1n) is 5.56. The van der Waals surface area contributed by atoms with Crippen LogP contribution in [0.5, 0.6) is 5.75 Å². The van der Waals surface area contributed by atoms with Gasteiger partial charge >= 0.3 is 0 Å². The van der Waals surface area contributed by atoms with Crippen molar-refractivity contribution in [2.24, 2.45) is 0 Å². The van der Waals surface area contributed by atoms with Gasteiger partial charge in [-0.3, -0.25) is 4.90 Å². The standard InChI is InChI=1S/C13H20FNO2/c1-13(2,16)9-15(3)8-10-6-5-7-11(17-4)12(10)14/h5-7,16H,8-9H2,1-4H3. The number of nitrogens with zero attached hydrogens (tertiary/aromatic N) is 1. The molecule has 0 bridgehead atoms. The molecule has 1 aromatic carbocycles. The van der Waals surface area contributed by atoms with Crippen molar-refractivity contribution in [2.45, 2.75) is 26.0 Å². The molecule has 0 fully saturated rings. The molecule has 0 aliphatic carbocycles. The van der Waals surface area contributed by atoms with Gasteiger partial charge in [-0.15, -0.1) is 0 Å². The Hall–Kier alpha value is -1.13. The molecular weight excluding hydrogens is 221 g/mol. The first-order chi connectivity index (χ1) is 7.83. The topological polar surface area (TPSA) is 32.7 Å². The van der Waals surface area contributed by atoms with E-state index in [-0.39, 0.29) is 11.6 Å². The van der Waals surface area contributed by atoms with Crippen molar-refractivity contribution in [3.8, 4) is 5.75 Å². The molecular formula is C13H20FNO2. The van der Waals surface area contributed by atoms with Crippen LogP contribution in [0.1, 0.15) is 19.4 Å². The maximum absolute atomic E-state index is 13.9. The Balaban J connectivity index is 2.75. The normalized spacial score (nSPS) is 11.9. The highest BCUT2D eigenvalue weighted by Gasteiger charge is 2.17. The number of benzene rings is 1. The second-order valence-corrected chi connectivity index (χ2v) is 4.92. The van der Waals surface area contributed by atoms with Gasteiger partial charge in [0, 0.05) is 18.7 Å². The lowest BCUT2D eigenvalue weighted by Gasteiger charge is -2.25.